The van der Waals surface area contributed by atoms with Crippen LogP contribution in [-0.4, -0.2) is 22.5 Å². The molecule has 0 aliphatic carbocycles. The molecular formula is C11H12FN3O2. The van der Waals surface area contributed by atoms with Crippen molar-refractivity contribution < 1.29 is 14.0 Å². The zero-order chi connectivity index (χ0) is 12.6. The number of nitrogens with zero attached hydrogens (tertiary/aromatic N) is 2. The average molecular weight is 237 g/mol. The summed E-state index contributed by atoms with van der Waals surface area (Å²) in [5.74, 6) is -1.00. The smallest absolute Gasteiger partial charge is 0.323 e. The Bertz CT molecular complexity index is 474. The maximum absolute atomic E-state index is 12.7. The van der Waals surface area contributed by atoms with Crippen LogP contribution >= 0.6 is 0 Å². The Balaban J connectivity index is 2.37. The van der Waals surface area contributed by atoms with Crippen LogP contribution in [0.2, 0.25) is 0 Å². The second kappa shape index (κ2) is 3.80. The number of rotatable bonds is 2. The summed E-state index contributed by atoms with van der Waals surface area (Å²) in [5, 5.41) is 2.61. The molecule has 1 aromatic rings. The predicted octanol–water partition coefficient (Wildman–Crippen LogP) is 1.45. The summed E-state index contributed by atoms with van der Waals surface area (Å²) in [7, 11) is 0. The van der Waals surface area contributed by atoms with Crippen LogP contribution in [0.1, 0.15) is 20.3 Å². The molecule has 0 saturated carbocycles. The molecule has 0 aromatic carbocycles. The number of amides is 3. The van der Waals surface area contributed by atoms with E-state index in [-0.39, 0.29) is 11.6 Å². The van der Waals surface area contributed by atoms with Crippen LogP contribution < -0.4 is 10.2 Å². The van der Waals surface area contributed by atoms with Gasteiger partial charge < -0.3 is 5.32 Å². The molecule has 0 unspecified atom stereocenters. The van der Waals surface area contributed by atoms with Crippen LogP contribution in [0.25, 0.3) is 0 Å². The van der Waals surface area contributed by atoms with Gasteiger partial charge in [-0.15, -0.1) is 0 Å². The van der Waals surface area contributed by atoms with Crippen molar-refractivity contribution in [1.29, 1.82) is 0 Å². The highest BCUT2D eigenvalue weighted by atomic mass is 19.1. The molecule has 2 heterocycles. The number of hydrogen-bond acceptors (Lipinski definition) is 3. The van der Waals surface area contributed by atoms with Gasteiger partial charge in [-0.1, -0.05) is 6.92 Å². The second-order valence-corrected chi connectivity index (χ2v) is 4.10. The Morgan fingerprint density at radius 3 is 2.65 bits per heavy atom. The molecule has 1 saturated heterocycles. The number of carbonyl (C=O) groups is 2. The Morgan fingerprint density at radius 1 is 1.47 bits per heavy atom. The highest BCUT2D eigenvalue weighted by Gasteiger charge is 2.47. The molecule has 3 amide bonds. The van der Waals surface area contributed by atoms with Crippen LogP contribution in [0.15, 0.2) is 18.3 Å². The van der Waals surface area contributed by atoms with E-state index < -0.39 is 17.5 Å². The van der Waals surface area contributed by atoms with Gasteiger partial charge in [0.25, 0.3) is 5.91 Å². The summed E-state index contributed by atoms with van der Waals surface area (Å²) < 4.78 is 12.7. The molecule has 1 N–H and O–H groups in total. The van der Waals surface area contributed by atoms with Crippen LogP contribution in [0.3, 0.4) is 0 Å². The van der Waals surface area contributed by atoms with Crippen molar-refractivity contribution in [2.75, 3.05) is 4.90 Å². The first-order chi connectivity index (χ1) is 7.98. The maximum atomic E-state index is 12.7. The fraction of sp³-hybridized carbons (Fsp3) is 0.364. The van der Waals surface area contributed by atoms with E-state index in [1.54, 1.807) is 6.92 Å². The van der Waals surface area contributed by atoms with E-state index in [4.69, 9.17) is 0 Å². The van der Waals surface area contributed by atoms with Gasteiger partial charge >= 0.3 is 6.03 Å². The quantitative estimate of drug-likeness (QED) is 0.625. The molecule has 1 aliphatic rings. The highest BCUT2D eigenvalue weighted by Crippen LogP contribution is 2.25. The Labute approximate surface area is 97.6 Å². The van der Waals surface area contributed by atoms with Crippen LogP contribution in [0.4, 0.5) is 14.9 Å². The molecule has 0 bridgehead atoms. The first-order valence-electron chi connectivity index (χ1n) is 5.26. The summed E-state index contributed by atoms with van der Waals surface area (Å²) in [6, 6.07) is 1.95. The summed E-state index contributed by atoms with van der Waals surface area (Å²) >= 11 is 0. The van der Waals surface area contributed by atoms with Crippen LogP contribution in [-0.2, 0) is 4.79 Å². The summed E-state index contributed by atoms with van der Waals surface area (Å²) in [4.78, 5) is 28.2. The number of urea groups is 1. The minimum absolute atomic E-state index is 0.270. The Morgan fingerprint density at radius 2 is 2.18 bits per heavy atom. The molecule has 1 aromatic heterocycles. The highest BCUT2D eigenvalue weighted by molar-refractivity contribution is 6.23. The molecule has 2 rings (SSSR count). The molecule has 6 heteroatoms. The number of nitrogens with one attached hydrogen (secondary N) is 1. The lowest BCUT2D eigenvalue weighted by atomic mass is 9.99. The summed E-state index contributed by atoms with van der Waals surface area (Å²) in [6.07, 6.45) is 1.65. The first-order valence-corrected chi connectivity index (χ1v) is 5.26. The third kappa shape index (κ3) is 1.75. The van der Waals surface area contributed by atoms with E-state index in [9.17, 15) is 14.0 Å². The zero-order valence-corrected chi connectivity index (χ0v) is 9.53. The van der Waals surface area contributed by atoms with Gasteiger partial charge in [-0.2, -0.15) is 4.39 Å². The van der Waals surface area contributed by atoms with Crippen molar-refractivity contribution >= 4 is 17.6 Å². The topological polar surface area (TPSA) is 62.3 Å². The molecule has 0 radical (unpaired) electrons. The number of halogens is 1. The third-order valence-corrected chi connectivity index (χ3v) is 2.94. The van der Waals surface area contributed by atoms with Crippen molar-refractivity contribution in [3.05, 3.63) is 24.3 Å². The van der Waals surface area contributed by atoms with Crippen molar-refractivity contribution in [1.82, 2.24) is 10.3 Å². The van der Waals surface area contributed by atoms with Gasteiger partial charge in [0.2, 0.25) is 5.95 Å². The van der Waals surface area contributed by atoms with Gasteiger partial charge in [0.1, 0.15) is 5.54 Å². The van der Waals surface area contributed by atoms with E-state index in [1.807, 2.05) is 6.92 Å². The maximum Gasteiger partial charge on any atom is 0.329 e. The van der Waals surface area contributed by atoms with E-state index in [0.717, 1.165) is 17.2 Å². The SMILES string of the molecule is CC[C@@]1(C)NC(=O)N(c2ccc(F)nc2)C1=O. The molecule has 0 spiro atoms. The normalized spacial score (nSPS) is 24.1. The number of hydrogen-bond donors (Lipinski definition) is 1. The van der Waals surface area contributed by atoms with E-state index >= 15 is 0 Å². The number of carbonyl (C=O) groups excluding carboxylic acids is 2. The minimum atomic E-state index is -0.897. The molecule has 90 valence electrons. The van der Waals surface area contributed by atoms with E-state index in [0.29, 0.717) is 6.42 Å². The van der Waals surface area contributed by atoms with Crippen molar-refractivity contribution in [3.63, 3.8) is 0 Å². The molecule has 1 fully saturated rings. The lowest BCUT2D eigenvalue weighted by Gasteiger charge is -2.18. The monoisotopic (exact) mass is 237 g/mol. The van der Waals surface area contributed by atoms with Crippen molar-refractivity contribution in [2.24, 2.45) is 0 Å². The molecule has 1 aliphatic heterocycles. The summed E-state index contributed by atoms with van der Waals surface area (Å²) in [5.41, 5.74) is -0.628. The average Bonchev–Trinajstić information content (AvgIpc) is 2.53. The molecular weight excluding hydrogens is 225 g/mol. The van der Waals surface area contributed by atoms with Crippen molar-refractivity contribution in [3.8, 4) is 0 Å². The first kappa shape index (κ1) is 11.5. The van der Waals surface area contributed by atoms with E-state index in [2.05, 4.69) is 10.3 Å². The molecule has 5 nitrogen and oxygen atoms in total. The predicted molar refractivity (Wildman–Crippen MR) is 58.9 cm³/mol. The minimum Gasteiger partial charge on any atom is -0.323 e. The number of pyridine rings is 1. The van der Waals surface area contributed by atoms with Crippen molar-refractivity contribution in [2.45, 2.75) is 25.8 Å². The van der Waals surface area contributed by atoms with Gasteiger partial charge in [0.15, 0.2) is 0 Å². The number of anilines is 1. The van der Waals surface area contributed by atoms with Gasteiger partial charge in [0, 0.05) is 0 Å². The number of aromatic nitrogens is 1. The number of imide groups is 1. The fourth-order valence-corrected chi connectivity index (χ4v) is 1.66. The van der Waals surface area contributed by atoms with Gasteiger partial charge in [-0.05, 0) is 25.5 Å². The lowest BCUT2D eigenvalue weighted by Crippen LogP contribution is -2.43. The van der Waals surface area contributed by atoms with E-state index in [1.165, 1.54) is 6.07 Å². The van der Waals surface area contributed by atoms with Crippen LogP contribution in [0, 0.1) is 5.95 Å². The van der Waals surface area contributed by atoms with Crippen LogP contribution in [0.5, 0.6) is 0 Å². The van der Waals surface area contributed by atoms with Gasteiger partial charge in [-0.3, -0.25) is 4.79 Å². The Hall–Kier alpha value is -1.98. The lowest BCUT2D eigenvalue weighted by molar-refractivity contribution is -0.121. The summed E-state index contributed by atoms with van der Waals surface area (Å²) in [6.45, 7) is 3.47. The third-order valence-electron chi connectivity index (χ3n) is 2.94. The van der Waals surface area contributed by atoms with Gasteiger partial charge in [-0.25, -0.2) is 14.7 Å². The van der Waals surface area contributed by atoms with Gasteiger partial charge in [0.05, 0.1) is 11.9 Å². The largest absolute Gasteiger partial charge is 0.329 e. The fourth-order valence-electron chi connectivity index (χ4n) is 1.66. The zero-order valence-electron chi connectivity index (χ0n) is 9.53. The second-order valence-electron chi connectivity index (χ2n) is 4.10. The molecule has 1 atom stereocenters. The Kier molecular flexibility index (Phi) is 2.57. The standard InChI is InChI=1S/C11H12FN3O2/c1-3-11(2)9(16)15(10(17)14-11)7-4-5-8(12)13-6-7/h4-6H,3H2,1-2H3,(H,14,17)/t11-/m1/s1. The molecule has 17 heavy (non-hydrogen) atoms.